The van der Waals surface area contributed by atoms with Crippen molar-refractivity contribution in [3.63, 3.8) is 0 Å². The van der Waals surface area contributed by atoms with Gasteiger partial charge in [0.1, 0.15) is 5.82 Å². The minimum absolute atomic E-state index is 0.0143. The molecule has 4 aromatic rings. The second-order valence-electron chi connectivity index (χ2n) is 7.94. The Morgan fingerprint density at radius 3 is 2.64 bits per heavy atom. The molecule has 0 aliphatic carbocycles. The van der Waals surface area contributed by atoms with E-state index in [0.29, 0.717) is 29.8 Å². The summed E-state index contributed by atoms with van der Waals surface area (Å²) >= 11 is 1.38. The van der Waals surface area contributed by atoms with E-state index >= 15 is 0 Å². The summed E-state index contributed by atoms with van der Waals surface area (Å²) in [4.78, 5) is 15.0. The second kappa shape index (κ2) is 9.62. The molecule has 2 aromatic carbocycles. The topological polar surface area (TPSA) is 64.2 Å². The Morgan fingerprint density at radius 1 is 1.06 bits per heavy atom. The summed E-state index contributed by atoms with van der Waals surface area (Å²) in [5.74, 6) is 1.29. The first-order chi connectivity index (χ1) is 16.2. The number of rotatable bonds is 7. The molecule has 0 N–H and O–H groups in total. The van der Waals surface area contributed by atoms with Crippen molar-refractivity contribution < 1.29 is 13.6 Å². The number of nitrogens with zero attached hydrogens (tertiary/aromatic N) is 4. The highest BCUT2D eigenvalue weighted by Gasteiger charge is 2.30. The van der Waals surface area contributed by atoms with Gasteiger partial charge in [-0.1, -0.05) is 54.2 Å². The van der Waals surface area contributed by atoms with E-state index < -0.39 is 0 Å². The highest BCUT2D eigenvalue weighted by atomic mass is 32.2. The smallest absolute Gasteiger partial charge is 0.233 e. The third-order valence-corrected chi connectivity index (χ3v) is 6.75. The average molecular weight is 463 g/mol. The predicted octanol–water partition coefficient (Wildman–Crippen LogP) is 5.18. The molecule has 3 heterocycles. The van der Waals surface area contributed by atoms with Crippen molar-refractivity contribution in [3.05, 3.63) is 89.9 Å². The quantitative estimate of drug-likeness (QED) is 0.354. The molecule has 6 nitrogen and oxygen atoms in total. The number of thioether (sulfide) groups is 1. The molecule has 1 atom stereocenters. The van der Waals surface area contributed by atoms with Crippen LogP contribution in [-0.4, -0.2) is 37.9 Å². The normalized spacial score (nSPS) is 15.8. The zero-order valence-corrected chi connectivity index (χ0v) is 18.7. The molecule has 5 rings (SSSR count). The lowest BCUT2D eigenvalue weighted by molar-refractivity contribution is -0.129. The molecule has 1 fully saturated rings. The van der Waals surface area contributed by atoms with Crippen LogP contribution < -0.4 is 0 Å². The minimum atomic E-state index is -0.268. The average Bonchev–Trinajstić information content (AvgIpc) is 3.60. The number of likely N-dealkylation sites (tertiary alicyclic amines) is 1. The maximum absolute atomic E-state index is 13.3. The number of halogens is 1. The van der Waals surface area contributed by atoms with Crippen LogP contribution in [0.4, 0.5) is 4.39 Å². The molecule has 0 radical (unpaired) electrons. The molecule has 33 heavy (non-hydrogen) atoms. The number of furan rings is 1. The van der Waals surface area contributed by atoms with Gasteiger partial charge in [-0.3, -0.25) is 9.36 Å². The van der Waals surface area contributed by atoms with E-state index in [1.807, 2.05) is 51.9 Å². The number of benzene rings is 2. The lowest BCUT2D eigenvalue weighted by atomic mass is 10.0. The number of amides is 1. The van der Waals surface area contributed by atoms with Gasteiger partial charge in [-0.25, -0.2) is 4.39 Å². The van der Waals surface area contributed by atoms with E-state index in [0.717, 1.165) is 24.0 Å². The van der Waals surface area contributed by atoms with Gasteiger partial charge >= 0.3 is 0 Å². The van der Waals surface area contributed by atoms with Gasteiger partial charge in [-0.15, -0.1) is 10.2 Å². The largest absolute Gasteiger partial charge is 0.461 e. The molecule has 1 amide bonds. The van der Waals surface area contributed by atoms with Crippen molar-refractivity contribution in [2.45, 2.75) is 30.6 Å². The fourth-order valence-electron chi connectivity index (χ4n) is 4.20. The molecule has 168 valence electrons. The Morgan fingerprint density at radius 2 is 1.88 bits per heavy atom. The number of carbonyl (C=O) groups excluding carboxylic acids is 1. The van der Waals surface area contributed by atoms with Crippen LogP contribution >= 0.6 is 11.8 Å². The first-order valence-corrected chi connectivity index (χ1v) is 11.9. The summed E-state index contributed by atoms with van der Waals surface area (Å²) < 4.78 is 20.9. The van der Waals surface area contributed by atoms with Crippen molar-refractivity contribution >= 4 is 17.7 Å². The van der Waals surface area contributed by atoms with Crippen LogP contribution in [0.5, 0.6) is 0 Å². The fraction of sp³-hybridized carbons (Fsp3) is 0.240. The van der Waals surface area contributed by atoms with Gasteiger partial charge in [-0.05, 0) is 48.2 Å². The Kier molecular flexibility index (Phi) is 6.26. The Labute approximate surface area is 195 Å². The van der Waals surface area contributed by atoms with Crippen LogP contribution in [0.1, 0.15) is 30.0 Å². The van der Waals surface area contributed by atoms with Crippen molar-refractivity contribution in [2.75, 3.05) is 12.3 Å². The highest BCUT2D eigenvalue weighted by molar-refractivity contribution is 7.99. The summed E-state index contributed by atoms with van der Waals surface area (Å²) in [5, 5.41) is 9.36. The van der Waals surface area contributed by atoms with Gasteiger partial charge in [0.15, 0.2) is 10.9 Å². The van der Waals surface area contributed by atoms with E-state index in [4.69, 9.17) is 4.42 Å². The third-order valence-electron chi connectivity index (χ3n) is 5.79. The Balaban J connectivity index is 1.34. The summed E-state index contributed by atoms with van der Waals surface area (Å²) in [6, 6.07) is 20.1. The van der Waals surface area contributed by atoms with Crippen molar-refractivity contribution in [3.8, 4) is 11.6 Å². The van der Waals surface area contributed by atoms with Crippen LogP contribution in [0.3, 0.4) is 0 Å². The van der Waals surface area contributed by atoms with Gasteiger partial charge < -0.3 is 9.32 Å². The van der Waals surface area contributed by atoms with E-state index in [2.05, 4.69) is 10.2 Å². The zero-order valence-electron chi connectivity index (χ0n) is 17.9. The molecular weight excluding hydrogens is 439 g/mol. The zero-order chi connectivity index (χ0) is 22.6. The number of aromatic nitrogens is 3. The summed E-state index contributed by atoms with van der Waals surface area (Å²) in [5.41, 5.74) is 2.08. The molecule has 2 aromatic heterocycles. The third kappa shape index (κ3) is 4.71. The molecule has 1 unspecified atom stereocenters. The molecule has 1 aliphatic heterocycles. The Bertz CT molecular complexity index is 1210. The van der Waals surface area contributed by atoms with Crippen LogP contribution in [0, 0.1) is 5.82 Å². The highest BCUT2D eigenvalue weighted by Crippen LogP contribution is 2.33. The second-order valence-corrected chi connectivity index (χ2v) is 8.88. The number of hydrogen-bond acceptors (Lipinski definition) is 5. The lowest BCUT2D eigenvalue weighted by Gasteiger charge is -2.25. The van der Waals surface area contributed by atoms with Crippen LogP contribution in [0.15, 0.2) is 82.6 Å². The fourth-order valence-corrected chi connectivity index (χ4v) is 5.02. The first-order valence-electron chi connectivity index (χ1n) is 10.9. The van der Waals surface area contributed by atoms with Gasteiger partial charge in [0.2, 0.25) is 11.7 Å². The van der Waals surface area contributed by atoms with Gasteiger partial charge in [0.25, 0.3) is 0 Å². The van der Waals surface area contributed by atoms with Gasteiger partial charge in [0.05, 0.1) is 24.6 Å². The van der Waals surface area contributed by atoms with Crippen LogP contribution in [0.25, 0.3) is 11.6 Å². The molecule has 0 saturated carbocycles. The van der Waals surface area contributed by atoms with Crippen LogP contribution in [-0.2, 0) is 11.3 Å². The van der Waals surface area contributed by atoms with Crippen molar-refractivity contribution in [1.82, 2.24) is 19.7 Å². The molecular formula is C25H23FN4O2S. The molecule has 1 saturated heterocycles. The van der Waals surface area contributed by atoms with E-state index in [9.17, 15) is 9.18 Å². The monoisotopic (exact) mass is 462 g/mol. The number of hydrogen-bond donors (Lipinski definition) is 0. The molecule has 0 spiro atoms. The summed E-state index contributed by atoms with van der Waals surface area (Å²) in [7, 11) is 0. The maximum atomic E-state index is 13.3. The minimum Gasteiger partial charge on any atom is -0.461 e. The van der Waals surface area contributed by atoms with Crippen molar-refractivity contribution in [1.29, 1.82) is 0 Å². The van der Waals surface area contributed by atoms with Gasteiger partial charge in [-0.2, -0.15) is 0 Å². The van der Waals surface area contributed by atoms with Crippen molar-refractivity contribution in [2.24, 2.45) is 0 Å². The van der Waals surface area contributed by atoms with E-state index in [1.165, 1.54) is 23.9 Å². The van der Waals surface area contributed by atoms with Crippen LogP contribution in [0.2, 0.25) is 0 Å². The first kappa shape index (κ1) is 21.5. The van der Waals surface area contributed by atoms with Gasteiger partial charge in [0, 0.05) is 6.54 Å². The SMILES string of the molecule is O=C(CSc1nnc(-c2ccco2)n1Cc1ccccc1)N1CCCC1c1ccc(F)cc1. The Hall–Kier alpha value is -3.39. The number of carbonyl (C=O) groups is 1. The summed E-state index contributed by atoms with van der Waals surface area (Å²) in [6.07, 6.45) is 3.43. The predicted molar refractivity (Wildman–Crippen MR) is 124 cm³/mol. The lowest BCUT2D eigenvalue weighted by Crippen LogP contribution is -2.32. The van der Waals surface area contributed by atoms with E-state index in [-0.39, 0.29) is 23.5 Å². The maximum Gasteiger partial charge on any atom is 0.233 e. The molecule has 0 bridgehead atoms. The molecule has 1 aliphatic rings. The van der Waals surface area contributed by atoms with E-state index in [1.54, 1.807) is 18.4 Å². The standard InChI is InChI=1S/C25H23FN4O2S/c26-20-12-10-19(11-13-20)21-8-4-14-29(21)23(31)17-33-25-28-27-24(22-9-5-15-32-22)30(25)16-18-6-2-1-3-7-18/h1-3,5-7,9-13,15,21H,4,8,14,16-17H2. The molecule has 8 heteroatoms. The summed E-state index contributed by atoms with van der Waals surface area (Å²) in [6.45, 7) is 1.28.